The predicted octanol–water partition coefficient (Wildman–Crippen LogP) is 20.7. The summed E-state index contributed by atoms with van der Waals surface area (Å²) >= 11 is 3.32. The van der Waals surface area contributed by atoms with Gasteiger partial charge in [0.2, 0.25) is 0 Å². The Morgan fingerprint density at radius 2 is 0.928 bits per heavy atom. The SMILES string of the molecule is C#CCC1CCCCC1.C[Si](C)(C)CCOCn1ccc2c1ncc1ccc(C3CCCCC3)n12.C[Si](C)(C)CCOCn1ccc2nc(Br)cnc21.C[Si](C)(C)CCOCn1ccc2nc(C#CCC3CCCCC3)cnc21.c1cc2c(ncc3ccc(C4CCCCC4)n32)[nH]1. The van der Waals surface area contributed by atoms with E-state index in [4.69, 9.17) is 25.6 Å². The molecule has 0 aromatic carbocycles. The highest BCUT2D eigenvalue weighted by Gasteiger charge is 2.23. The molecule has 15 nitrogen and oxygen atoms in total. The summed E-state index contributed by atoms with van der Waals surface area (Å²) in [6.45, 7) is 25.5. The Balaban J connectivity index is 0.000000136. The van der Waals surface area contributed by atoms with Gasteiger partial charge in [-0.15, -0.1) is 12.3 Å². The van der Waals surface area contributed by atoms with Crippen LogP contribution in [-0.2, 0) is 34.4 Å². The highest BCUT2D eigenvalue weighted by molar-refractivity contribution is 9.10. The van der Waals surface area contributed by atoms with Crippen molar-refractivity contribution in [1.82, 2.24) is 57.4 Å². The summed E-state index contributed by atoms with van der Waals surface area (Å²) < 4.78 is 29.2. The number of aromatic amines is 1. The van der Waals surface area contributed by atoms with Crippen LogP contribution in [0.4, 0.5) is 0 Å². The molecule has 19 heteroatoms. The van der Waals surface area contributed by atoms with Gasteiger partial charge in [-0.05, 0) is 164 Å². The van der Waals surface area contributed by atoms with E-state index in [-0.39, 0.29) is 0 Å². The highest BCUT2D eigenvalue weighted by atomic mass is 79.9. The molecule has 0 amide bonds. The lowest BCUT2D eigenvalue weighted by Crippen LogP contribution is -2.22. The van der Waals surface area contributed by atoms with Gasteiger partial charge in [-0.2, -0.15) is 0 Å². The summed E-state index contributed by atoms with van der Waals surface area (Å²) in [6, 6.07) is 20.9. The quantitative estimate of drug-likeness (QED) is 0.0475. The van der Waals surface area contributed by atoms with Crippen molar-refractivity contribution in [2.24, 2.45) is 11.8 Å². The van der Waals surface area contributed by atoms with Crippen molar-refractivity contribution < 1.29 is 14.2 Å². The van der Waals surface area contributed by atoms with Gasteiger partial charge in [0.15, 0.2) is 22.6 Å². The third kappa shape index (κ3) is 21.9. The second-order valence-electron chi connectivity index (χ2n) is 31.3. The third-order valence-corrected chi connectivity index (χ3v) is 25.2. The number of halogens is 1. The average Bonchev–Trinajstić information content (AvgIpc) is 1.63. The first-order valence-corrected chi connectivity index (χ1v) is 48.6. The van der Waals surface area contributed by atoms with Gasteiger partial charge in [-0.3, -0.25) is 0 Å². The Morgan fingerprint density at radius 1 is 0.485 bits per heavy atom. The zero-order valence-corrected chi connectivity index (χ0v) is 64.7. The van der Waals surface area contributed by atoms with Crippen molar-refractivity contribution in [2.45, 2.75) is 250 Å². The first-order valence-electron chi connectivity index (χ1n) is 36.7. The van der Waals surface area contributed by atoms with E-state index in [2.05, 4.69) is 178 Å². The molecule has 4 fully saturated rings. The molecule has 4 saturated carbocycles. The van der Waals surface area contributed by atoms with E-state index in [0.29, 0.717) is 26.1 Å². The summed E-state index contributed by atoms with van der Waals surface area (Å²) in [5.41, 5.74) is 14.1. The minimum atomic E-state index is -1.04. The van der Waals surface area contributed by atoms with E-state index in [0.717, 1.165) is 94.3 Å². The van der Waals surface area contributed by atoms with Crippen molar-refractivity contribution in [2.75, 3.05) is 19.8 Å². The lowest BCUT2D eigenvalue weighted by Gasteiger charge is -2.22. The molecule has 10 aromatic rings. The number of terminal acetylenes is 1. The molecule has 1 N–H and O–H groups in total. The third-order valence-electron chi connectivity index (χ3n) is 19.7. The maximum absolute atomic E-state index is 5.95. The van der Waals surface area contributed by atoms with Crippen molar-refractivity contribution in [3.05, 3.63) is 120 Å². The first kappa shape index (κ1) is 73.5. The molecule has 0 spiro atoms. The van der Waals surface area contributed by atoms with Crippen LogP contribution in [-0.4, -0.2) is 101 Å². The molecule has 14 rings (SSSR count). The molecule has 10 aromatic heterocycles. The summed E-state index contributed by atoms with van der Waals surface area (Å²) in [6.07, 6.45) is 50.1. The van der Waals surface area contributed by atoms with Gasteiger partial charge in [0.1, 0.15) is 41.5 Å². The second kappa shape index (κ2) is 35.7. The normalized spacial score (nSPS) is 16.3. The average molecular weight is 1430 g/mol. The number of hydrogen-bond acceptors (Lipinski definition) is 9. The van der Waals surface area contributed by atoms with Crippen LogP contribution in [0, 0.1) is 36.0 Å². The Hall–Kier alpha value is -6.17. The number of aromatic nitrogens is 12. The van der Waals surface area contributed by atoms with Crippen LogP contribution in [0.25, 0.3) is 55.7 Å². The summed E-state index contributed by atoms with van der Waals surface area (Å²) in [4.78, 5) is 30.3. The molecule has 520 valence electrons. The van der Waals surface area contributed by atoms with Crippen LogP contribution in [0.2, 0.25) is 77.1 Å². The molecule has 0 radical (unpaired) electrons. The van der Waals surface area contributed by atoms with Gasteiger partial charge in [0.05, 0.1) is 46.9 Å². The number of ether oxygens (including phenoxy) is 3. The fourth-order valence-corrected chi connectivity index (χ4v) is 16.5. The molecule has 4 aliphatic carbocycles. The van der Waals surface area contributed by atoms with Crippen LogP contribution in [0.5, 0.6) is 0 Å². The standard InChI is InChI=1S/2C21H31N3OSi.C15H17N3.C12H18BrN3OSi.C9H14/c1-26(2,3)14-13-25-16-23-12-11-20-21(23)22-15-18-9-10-19(24(18)20)17-7-5-4-6-8-17;1-26(2,3)15-14-25-17-24-13-12-20-21(24)22-16-19(23-20)11-7-10-18-8-5-4-6-9-18;1-2-4-11(5-3-1)13-7-6-12-10-17-15-14(18(12)13)8-9-16-15;1-18(2,3)7-6-17-9-16-5-4-10-12(16)14-8-11(13)15-10;1-2-6-9-7-4-3-5-8-9/h9-12,15,17H,4-8,13-14,16H2,1-3H3;12-13,16,18H,4-6,8-10,14-15,17H2,1-3H3;6-11,16H,1-5H2;4-5,8H,6-7,9H2,1-3H3;1,9H,3-8H2. The van der Waals surface area contributed by atoms with Crippen LogP contribution < -0.4 is 0 Å². The maximum Gasteiger partial charge on any atom is 0.160 e. The van der Waals surface area contributed by atoms with Crippen molar-refractivity contribution >= 4 is 95.8 Å². The Morgan fingerprint density at radius 3 is 1.44 bits per heavy atom. The smallest absolute Gasteiger partial charge is 0.160 e. The molecule has 0 atom stereocenters. The number of nitrogens with zero attached hydrogens (tertiary/aromatic N) is 11. The summed E-state index contributed by atoms with van der Waals surface area (Å²) in [5.74, 6) is 12.3. The Labute approximate surface area is 589 Å². The molecule has 0 bridgehead atoms. The minimum absolute atomic E-state index is 0.537. The zero-order valence-electron chi connectivity index (χ0n) is 60.1. The van der Waals surface area contributed by atoms with Crippen LogP contribution in [0.1, 0.15) is 170 Å². The van der Waals surface area contributed by atoms with Gasteiger partial charge in [0.25, 0.3) is 0 Å². The second-order valence-corrected chi connectivity index (χ2v) is 49.0. The van der Waals surface area contributed by atoms with Crippen molar-refractivity contribution in [3.63, 3.8) is 0 Å². The molecule has 0 aliphatic heterocycles. The number of hydrogen-bond donors (Lipinski definition) is 1. The van der Waals surface area contributed by atoms with E-state index < -0.39 is 24.2 Å². The minimum Gasteiger partial charge on any atom is -0.361 e. The highest BCUT2D eigenvalue weighted by Crippen LogP contribution is 2.37. The van der Waals surface area contributed by atoms with Crippen molar-refractivity contribution in [1.29, 1.82) is 0 Å². The van der Waals surface area contributed by atoms with E-state index in [9.17, 15) is 0 Å². The zero-order chi connectivity index (χ0) is 68.2. The number of rotatable bonds is 19. The van der Waals surface area contributed by atoms with Gasteiger partial charge in [-0.1, -0.05) is 142 Å². The van der Waals surface area contributed by atoms with Gasteiger partial charge < -0.3 is 41.7 Å². The molecule has 0 unspecified atom stereocenters. The van der Waals surface area contributed by atoms with Crippen LogP contribution >= 0.6 is 15.9 Å². The van der Waals surface area contributed by atoms with Gasteiger partial charge in [-0.25, -0.2) is 29.9 Å². The molecule has 97 heavy (non-hydrogen) atoms. The van der Waals surface area contributed by atoms with Crippen molar-refractivity contribution in [3.8, 4) is 24.2 Å². The Kier molecular flexibility index (Phi) is 27.1. The lowest BCUT2D eigenvalue weighted by molar-refractivity contribution is 0.0898. The van der Waals surface area contributed by atoms with Crippen LogP contribution in [0.15, 0.2) is 103 Å². The first-order chi connectivity index (χ1) is 46.9. The molecular formula is C78H111BrN12O3Si3. The van der Waals surface area contributed by atoms with Crippen LogP contribution in [0.3, 0.4) is 0 Å². The monoisotopic (exact) mass is 1430 g/mol. The van der Waals surface area contributed by atoms with Gasteiger partial charge >= 0.3 is 0 Å². The van der Waals surface area contributed by atoms with E-state index in [1.807, 2.05) is 52.3 Å². The predicted molar refractivity (Wildman–Crippen MR) is 413 cm³/mol. The van der Waals surface area contributed by atoms with E-state index in [1.165, 1.54) is 180 Å². The topological polar surface area (TPSA) is 144 Å². The molecular weight excluding hydrogens is 1320 g/mol. The fraction of sp³-hybridized carbons (Fsp3) is 0.564. The number of H-pyrrole nitrogens is 1. The molecule has 4 aliphatic rings. The number of fused-ring (bicyclic) bond motifs is 8. The summed E-state index contributed by atoms with van der Waals surface area (Å²) in [7, 11) is -3.09. The summed E-state index contributed by atoms with van der Waals surface area (Å²) in [5, 5.41) is 0. The largest absolute Gasteiger partial charge is 0.361 e. The van der Waals surface area contributed by atoms with E-state index >= 15 is 0 Å². The molecule has 0 saturated heterocycles. The molecule has 10 heterocycles. The van der Waals surface area contributed by atoms with E-state index in [1.54, 1.807) is 12.4 Å². The Bertz CT molecular complexity index is 4160. The van der Waals surface area contributed by atoms with Gasteiger partial charge in [0, 0.05) is 93.1 Å². The fourth-order valence-electron chi connectivity index (χ4n) is 13.9. The maximum atomic E-state index is 5.95. The lowest BCUT2D eigenvalue weighted by atomic mass is 9.87. The number of nitrogens with one attached hydrogen (secondary N) is 1.